The van der Waals surface area contributed by atoms with Crippen molar-refractivity contribution in [1.82, 2.24) is 0 Å². The van der Waals surface area contributed by atoms with Crippen LogP contribution in [0.2, 0.25) is 0 Å². The first-order chi connectivity index (χ1) is 8.49. The molecule has 1 atom stereocenters. The lowest BCUT2D eigenvalue weighted by atomic mass is 9.98. The van der Waals surface area contributed by atoms with Crippen LogP contribution in [-0.2, 0) is 0 Å². The standard InChI is InChI=1S/C13H9BrF3N/c14-8-4-7(5-9(15)6-8)13(18)12-10(16)2-1-3-11(12)17/h1-6,13H,18H2. The Hall–Kier alpha value is -1.33. The maximum atomic E-state index is 13.6. The van der Waals surface area contributed by atoms with Gasteiger partial charge < -0.3 is 5.73 Å². The smallest absolute Gasteiger partial charge is 0.131 e. The predicted molar refractivity (Wildman–Crippen MR) is 66.5 cm³/mol. The summed E-state index contributed by atoms with van der Waals surface area (Å²) < 4.78 is 40.8. The van der Waals surface area contributed by atoms with Gasteiger partial charge in [-0.1, -0.05) is 22.0 Å². The molecule has 94 valence electrons. The molecule has 1 nitrogen and oxygen atoms in total. The van der Waals surface area contributed by atoms with E-state index >= 15 is 0 Å². The van der Waals surface area contributed by atoms with Crippen molar-refractivity contribution in [2.75, 3.05) is 0 Å². The Morgan fingerprint density at radius 3 is 2.17 bits per heavy atom. The van der Waals surface area contributed by atoms with Crippen LogP contribution in [-0.4, -0.2) is 0 Å². The molecule has 0 aliphatic rings. The second kappa shape index (κ2) is 5.12. The van der Waals surface area contributed by atoms with Gasteiger partial charge in [-0.15, -0.1) is 0 Å². The van der Waals surface area contributed by atoms with E-state index < -0.39 is 23.5 Å². The molecule has 0 heterocycles. The van der Waals surface area contributed by atoms with Crippen molar-refractivity contribution in [3.05, 3.63) is 69.4 Å². The van der Waals surface area contributed by atoms with Crippen molar-refractivity contribution in [2.24, 2.45) is 5.73 Å². The molecule has 2 aromatic rings. The van der Waals surface area contributed by atoms with Crippen LogP contribution in [0, 0.1) is 17.5 Å². The van der Waals surface area contributed by atoms with Crippen molar-refractivity contribution in [3.63, 3.8) is 0 Å². The molecule has 0 bridgehead atoms. The fourth-order valence-electron chi connectivity index (χ4n) is 1.73. The van der Waals surface area contributed by atoms with E-state index in [1.807, 2.05) is 0 Å². The highest BCUT2D eigenvalue weighted by atomic mass is 79.9. The number of rotatable bonds is 2. The molecule has 0 saturated heterocycles. The summed E-state index contributed by atoms with van der Waals surface area (Å²) in [7, 11) is 0. The van der Waals surface area contributed by atoms with E-state index in [0.29, 0.717) is 10.0 Å². The van der Waals surface area contributed by atoms with Gasteiger partial charge in [-0.05, 0) is 35.9 Å². The third-order valence-corrected chi connectivity index (χ3v) is 3.01. The normalized spacial score (nSPS) is 12.5. The van der Waals surface area contributed by atoms with Crippen LogP contribution in [0.1, 0.15) is 17.2 Å². The van der Waals surface area contributed by atoms with E-state index in [4.69, 9.17) is 5.73 Å². The lowest BCUT2D eigenvalue weighted by Gasteiger charge is -2.14. The quantitative estimate of drug-likeness (QED) is 0.893. The summed E-state index contributed by atoms with van der Waals surface area (Å²) in [5.41, 5.74) is 5.82. The Kier molecular flexibility index (Phi) is 3.73. The summed E-state index contributed by atoms with van der Waals surface area (Å²) in [5, 5.41) is 0. The molecule has 0 aliphatic carbocycles. The van der Waals surface area contributed by atoms with Crippen molar-refractivity contribution < 1.29 is 13.2 Å². The number of hydrogen-bond donors (Lipinski definition) is 1. The predicted octanol–water partition coefficient (Wildman–Crippen LogP) is 3.91. The number of nitrogens with two attached hydrogens (primary N) is 1. The van der Waals surface area contributed by atoms with Crippen LogP contribution in [0.4, 0.5) is 13.2 Å². The van der Waals surface area contributed by atoms with Gasteiger partial charge in [-0.25, -0.2) is 13.2 Å². The Balaban J connectivity index is 2.51. The summed E-state index contributed by atoms with van der Waals surface area (Å²) >= 11 is 3.11. The fraction of sp³-hybridized carbons (Fsp3) is 0.0769. The highest BCUT2D eigenvalue weighted by molar-refractivity contribution is 9.10. The monoisotopic (exact) mass is 315 g/mol. The van der Waals surface area contributed by atoms with Gasteiger partial charge in [-0.3, -0.25) is 0 Å². The van der Waals surface area contributed by atoms with Gasteiger partial charge in [0, 0.05) is 10.0 Å². The first-order valence-electron chi connectivity index (χ1n) is 5.14. The second-order valence-corrected chi connectivity index (χ2v) is 4.73. The molecule has 0 amide bonds. The minimum atomic E-state index is -1.06. The van der Waals surface area contributed by atoms with E-state index in [9.17, 15) is 13.2 Å². The van der Waals surface area contributed by atoms with Gasteiger partial charge in [0.05, 0.1) is 6.04 Å². The lowest BCUT2D eigenvalue weighted by Crippen LogP contribution is -2.15. The van der Waals surface area contributed by atoms with Gasteiger partial charge in [0.1, 0.15) is 17.5 Å². The van der Waals surface area contributed by atoms with Crippen LogP contribution in [0.5, 0.6) is 0 Å². The van der Waals surface area contributed by atoms with Crippen LogP contribution < -0.4 is 5.73 Å². The SMILES string of the molecule is NC(c1cc(F)cc(Br)c1)c1c(F)cccc1F. The van der Waals surface area contributed by atoms with Crippen molar-refractivity contribution in [1.29, 1.82) is 0 Å². The third-order valence-electron chi connectivity index (χ3n) is 2.55. The first-order valence-corrected chi connectivity index (χ1v) is 5.94. The van der Waals surface area contributed by atoms with Crippen molar-refractivity contribution >= 4 is 15.9 Å². The average molecular weight is 316 g/mol. The summed E-state index contributed by atoms with van der Waals surface area (Å²) in [6.45, 7) is 0. The molecule has 1 unspecified atom stereocenters. The largest absolute Gasteiger partial charge is 0.320 e. The van der Waals surface area contributed by atoms with Gasteiger partial charge in [-0.2, -0.15) is 0 Å². The van der Waals surface area contributed by atoms with E-state index in [-0.39, 0.29) is 5.56 Å². The summed E-state index contributed by atoms with van der Waals surface area (Å²) in [5.74, 6) is -2.02. The molecule has 18 heavy (non-hydrogen) atoms. The third kappa shape index (κ3) is 2.57. The molecule has 5 heteroatoms. The van der Waals surface area contributed by atoms with Gasteiger partial charge in [0.25, 0.3) is 0 Å². The molecule has 0 radical (unpaired) electrons. The van der Waals surface area contributed by atoms with Gasteiger partial charge >= 0.3 is 0 Å². The lowest BCUT2D eigenvalue weighted by molar-refractivity contribution is 0.542. The highest BCUT2D eigenvalue weighted by Crippen LogP contribution is 2.27. The molecule has 0 aliphatic heterocycles. The molecule has 0 spiro atoms. The van der Waals surface area contributed by atoms with Crippen molar-refractivity contribution in [3.8, 4) is 0 Å². The summed E-state index contributed by atoms with van der Waals surface area (Å²) in [6.07, 6.45) is 0. The van der Waals surface area contributed by atoms with E-state index in [2.05, 4.69) is 15.9 Å². The van der Waals surface area contributed by atoms with E-state index in [1.165, 1.54) is 18.2 Å². The van der Waals surface area contributed by atoms with Gasteiger partial charge in [0.15, 0.2) is 0 Å². The Labute approximate surface area is 111 Å². The Morgan fingerprint density at radius 1 is 1.00 bits per heavy atom. The molecule has 2 rings (SSSR count). The molecule has 0 fully saturated rings. The zero-order valence-electron chi connectivity index (χ0n) is 9.13. The molecular formula is C13H9BrF3N. The molecular weight excluding hydrogens is 307 g/mol. The van der Waals surface area contributed by atoms with Gasteiger partial charge in [0.2, 0.25) is 0 Å². The minimum absolute atomic E-state index is 0.269. The highest BCUT2D eigenvalue weighted by Gasteiger charge is 2.19. The van der Waals surface area contributed by atoms with Crippen LogP contribution in [0.3, 0.4) is 0 Å². The summed E-state index contributed by atoms with van der Waals surface area (Å²) in [4.78, 5) is 0. The molecule has 2 N–H and O–H groups in total. The number of halogens is 4. The molecule has 0 aromatic heterocycles. The zero-order valence-corrected chi connectivity index (χ0v) is 10.7. The van der Waals surface area contributed by atoms with Crippen LogP contribution in [0.15, 0.2) is 40.9 Å². The van der Waals surface area contributed by atoms with E-state index in [0.717, 1.165) is 18.2 Å². The van der Waals surface area contributed by atoms with E-state index in [1.54, 1.807) is 0 Å². The molecule has 0 saturated carbocycles. The summed E-state index contributed by atoms with van der Waals surface area (Å²) in [6, 6.07) is 6.36. The van der Waals surface area contributed by atoms with Crippen LogP contribution >= 0.6 is 15.9 Å². The Bertz CT molecular complexity index is 546. The van der Waals surface area contributed by atoms with Crippen molar-refractivity contribution in [2.45, 2.75) is 6.04 Å². The number of benzene rings is 2. The minimum Gasteiger partial charge on any atom is -0.320 e. The topological polar surface area (TPSA) is 26.0 Å². The number of hydrogen-bond acceptors (Lipinski definition) is 1. The second-order valence-electron chi connectivity index (χ2n) is 3.82. The molecule has 2 aromatic carbocycles. The maximum Gasteiger partial charge on any atom is 0.131 e. The maximum absolute atomic E-state index is 13.6. The Morgan fingerprint density at radius 2 is 1.61 bits per heavy atom. The van der Waals surface area contributed by atoms with Crippen LogP contribution in [0.25, 0.3) is 0 Å². The average Bonchev–Trinajstić information content (AvgIpc) is 2.27. The zero-order chi connectivity index (χ0) is 13.3. The fourth-order valence-corrected chi connectivity index (χ4v) is 2.21. The first kappa shape index (κ1) is 13.1.